The first-order valence-corrected chi connectivity index (χ1v) is 40.2. The normalized spacial score (nSPS) is 11.1. The van der Waals surface area contributed by atoms with Crippen LogP contribution >= 0.6 is 45.3 Å². The van der Waals surface area contributed by atoms with Gasteiger partial charge >= 0.3 is 83.2 Å². The number of unbranched alkanes of at least 4 members (excludes halogenated alkanes) is 26. The summed E-state index contributed by atoms with van der Waals surface area (Å²) in [4.78, 5) is 25.7. The van der Waals surface area contributed by atoms with Crippen LogP contribution < -0.4 is 0 Å². The van der Waals surface area contributed by atoms with E-state index >= 15 is 0 Å². The number of rotatable bonds is 39. The molecule has 0 spiro atoms. The van der Waals surface area contributed by atoms with Crippen LogP contribution in [0.5, 0.6) is 0 Å². The number of hydrogen-bond acceptors (Lipinski definition) is 10. The number of hydrogen-bond donors (Lipinski definition) is 1. The van der Waals surface area contributed by atoms with Gasteiger partial charge in [0, 0.05) is 17.4 Å². The van der Waals surface area contributed by atoms with Crippen molar-refractivity contribution in [1.82, 2.24) is 0 Å². The molecule has 0 aliphatic carbocycles. The second-order valence-electron chi connectivity index (χ2n) is 21.4. The minimum absolute atomic E-state index is 0.118. The number of methoxy groups -OCH3 is 1. The molecular formula is C67H106O6S4Sn. The summed E-state index contributed by atoms with van der Waals surface area (Å²) in [5.74, 6) is -0.324. The number of thiophene rings is 4. The molecule has 438 valence electrons. The molecule has 0 saturated heterocycles. The molecule has 0 radical (unpaired) electrons. The molecule has 0 aliphatic heterocycles. The fraction of sp³-hybridized carbons (Fsp3) is 0.672. The molecule has 0 amide bonds. The monoisotopic (exact) mass is 1250 g/mol. The third kappa shape index (κ3) is 25.9. The van der Waals surface area contributed by atoms with Crippen LogP contribution in [-0.4, -0.2) is 57.1 Å². The molecule has 6 rings (SSSR count). The first kappa shape index (κ1) is 70.0. The Morgan fingerprint density at radius 1 is 0.410 bits per heavy atom. The molecule has 4 aromatic heterocycles. The van der Waals surface area contributed by atoms with Gasteiger partial charge in [-0.2, -0.15) is 0 Å². The summed E-state index contributed by atoms with van der Waals surface area (Å²) in [6, 6.07) is 8.53. The van der Waals surface area contributed by atoms with Crippen molar-refractivity contribution in [3.63, 3.8) is 0 Å². The summed E-state index contributed by atoms with van der Waals surface area (Å²) in [5, 5.41) is 21.7. The molecule has 0 aliphatic rings. The fourth-order valence-electron chi connectivity index (χ4n) is 10.2. The predicted molar refractivity (Wildman–Crippen MR) is 348 cm³/mol. The molecule has 0 atom stereocenters. The van der Waals surface area contributed by atoms with E-state index in [9.17, 15) is 12.7 Å². The van der Waals surface area contributed by atoms with Crippen LogP contribution in [-0.2, 0) is 25.4 Å². The Hall–Kier alpha value is -2.22. The molecular weight excluding hydrogens is 1150 g/mol. The molecule has 1 N–H and O–H groups in total. The molecule has 0 saturated carbocycles. The molecule has 0 unspecified atom stereocenters. The van der Waals surface area contributed by atoms with Crippen LogP contribution in [0.4, 0.5) is 0 Å². The van der Waals surface area contributed by atoms with E-state index in [0.717, 1.165) is 75.7 Å². The van der Waals surface area contributed by atoms with Crippen LogP contribution in [0.2, 0.25) is 8.87 Å². The van der Waals surface area contributed by atoms with Gasteiger partial charge in [-0.3, -0.25) is 0 Å². The fourth-order valence-corrected chi connectivity index (χ4v) is 19.3. The molecule has 0 fully saturated rings. The van der Waals surface area contributed by atoms with Gasteiger partial charge in [-0.05, 0) is 106 Å². The number of ether oxygens (including phenoxy) is 2. The van der Waals surface area contributed by atoms with E-state index in [-0.39, 0.29) is 11.9 Å². The van der Waals surface area contributed by atoms with Gasteiger partial charge in [0.15, 0.2) is 0 Å². The number of fused-ring (bicyclic) bond motifs is 6. The number of carbonyl (C=O) groups excluding carboxylic acids is 2. The van der Waals surface area contributed by atoms with Crippen molar-refractivity contribution in [1.29, 1.82) is 0 Å². The van der Waals surface area contributed by atoms with Crippen molar-refractivity contribution in [2.24, 2.45) is 0 Å². The maximum atomic E-state index is 13.3. The summed E-state index contributed by atoms with van der Waals surface area (Å²) in [6.45, 7) is 14.2. The average molecular weight is 1250 g/mol. The summed E-state index contributed by atoms with van der Waals surface area (Å²) in [5.41, 5.74) is 3.99. The summed E-state index contributed by atoms with van der Waals surface area (Å²) >= 11 is 5.02. The van der Waals surface area contributed by atoms with Gasteiger partial charge in [0.2, 0.25) is 0 Å². The average Bonchev–Trinajstić information content (AvgIpc) is 4.33. The van der Waals surface area contributed by atoms with Gasteiger partial charge in [0.1, 0.15) is 0 Å². The van der Waals surface area contributed by atoms with Crippen molar-refractivity contribution in [2.75, 3.05) is 20.3 Å². The van der Waals surface area contributed by atoms with Gasteiger partial charge in [-0.25, -0.2) is 9.59 Å². The molecule has 0 bridgehead atoms. The predicted octanol–water partition coefficient (Wildman–Crippen LogP) is 23.3. The van der Waals surface area contributed by atoms with Crippen LogP contribution in [0.1, 0.15) is 279 Å². The van der Waals surface area contributed by atoms with Crippen LogP contribution in [0.15, 0.2) is 45.8 Å². The van der Waals surface area contributed by atoms with Gasteiger partial charge in [-0.1, -0.05) is 182 Å². The third-order valence-electron chi connectivity index (χ3n) is 14.9. The van der Waals surface area contributed by atoms with Crippen molar-refractivity contribution >= 4 is 117 Å². The summed E-state index contributed by atoms with van der Waals surface area (Å²) < 4.78 is 29.4. The Morgan fingerprint density at radius 2 is 0.718 bits per heavy atom. The van der Waals surface area contributed by atoms with Gasteiger partial charge in [0.25, 0.3) is 0 Å². The Labute approximate surface area is 497 Å². The summed E-state index contributed by atoms with van der Waals surface area (Å²) in [6.07, 6.45) is 42.6. The standard InChI is InChI=1S/C29H42O2S2.C18H20O2S2.C12H26O.2C4H9.O.Sn/c1-3-5-7-9-10-11-12-13-14-16-20-31-29(30)26-23(17-15-8-6-4-2)24-18-21-32-27(24)28-25(26)19-22-33-28;1-3-4-5-6-7-12-13-8-10-21-16(13)17-14(9-11-22-17)15(12)18(19)20-2;1-2-3-4-5-6-7-8-9-10-11-12-13;2*1-3-4-2;;/h18-19,21-22H,3-17,20H2,1-2H3;8-11H,3-7H2,1-2H3;13H,2-12H2,1H3;2*1,3-4H2,2H3;;. The Kier molecular flexibility index (Phi) is 40.7. The Bertz CT molecular complexity index is 2460. The Balaban J connectivity index is 0.000000305. The molecule has 4 heterocycles. The van der Waals surface area contributed by atoms with Crippen molar-refractivity contribution < 1.29 is 27.2 Å². The van der Waals surface area contributed by atoms with E-state index in [1.54, 1.807) is 45.3 Å². The van der Waals surface area contributed by atoms with Gasteiger partial charge in [0.05, 0.1) is 43.6 Å². The van der Waals surface area contributed by atoms with Gasteiger partial charge < -0.3 is 14.6 Å². The van der Waals surface area contributed by atoms with Crippen molar-refractivity contribution in [2.45, 2.75) is 269 Å². The zero-order valence-corrected chi connectivity index (χ0v) is 56.2. The molecule has 2 aromatic carbocycles. The molecule has 6 nitrogen and oxygen atoms in total. The van der Waals surface area contributed by atoms with Crippen molar-refractivity contribution in [3.05, 3.63) is 68.0 Å². The molecule has 78 heavy (non-hydrogen) atoms. The van der Waals surface area contributed by atoms with E-state index in [0.29, 0.717) is 13.2 Å². The molecule has 11 heteroatoms. The number of esters is 2. The second-order valence-corrected chi connectivity index (χ2v) is 31.0. The third-order valence-corrected chi connectivity index (χ3v) is 24.1. The zero-order chi connectivity index (χ0) is 56.4. The molecule has 6 aromatic rings. The van der Waals surface area contributed by atoms with Crippen LogP contribution in [0, 0.1) is 0 Å². The SMILES string of the molecule is CCCCCCCCCCCCO.CCCCCCCCCCCCOC(=O)c1c(CCCCCC)c2ccsc2c2sccc12.CCCCCCc1c(C(=O)OC)c2ccsc2c2sccc12.CCC[CH2][Sn](=[O])[CH2]CCC. The van der Waals surface area contributed by atoms with E-state index in [1.165, 1.54) is 221 Å². The van der Waals surface area contributed by atoms with Gasteiger partial charge in [-0.15, -0.1) is 45.3 Å². The summed E-state index contributed by atoms with van der Waals surface area (Å²) in [7, 11) is 1.47. The number of aryl methyl sites for hydroxylation is 2. The number of carbonyl (C=O) groups is 2. The first-order valence-electron chi connectivity index (χ1n) is 31.4. The van der Waals surface area contributed by atoms with E-state index in [4.69, 9.17) is 14.6 Å². The number of aliphatic hydroxyl groups is 1. The zero-order valence-electron chi connectivity index (χ0n) is 50.1. The first-order chi connectivity index (χ1) is 38.3. The van der Waals surface area contributed by atoms with E-state index in [1.807, 2.05) is 0 Å². The second kappa shape index (κ2) is 45.3. The maximum absolute atomic E-state index is 13.3. The Morgan fingerprint density at radius 3 is 1.08 bits per heavy atom. The number of benzene rings is 2. The van der Waals surface area contributed by atoms with Crippen molar-refractivity contribution in [3.8, 4) is 0 Å². The van der Waals surface area contributed by atoms with E-state index in [2.05, 4.69) is 87.3 Å². The van der Waals surface area contributed by atoms with Crippen LogP contribution in [0.3, 0.4) is 0 Å². The number of aliphatic hydroxyl groups excluding tert-OH is 1. The van der Waals surface area contributed by atoms with Crippen LogP contribution in [0.25, 0.3) is 40.3 Å². The minimum atomic E-state index is -1.99. The van der Waals surface area contributed by atoms with E-state index < -0.39 is 19.7 Å². The quantitative estimate of drug-likeness (QED) is 0.0235. The topological polar surface area (TPSA) is 89.9 Å².